The van der Waals surface area contributed by atoms with Crippen molar-refractivity contribution < 1.29 is 4.42 Å². The average molecular weight is 339 g/mol. The number of thioether (sulfide) groups is 1. The quantitative estimate of drug-likeness (QED) is 0.666. The predicted molar refractivity (Wildman–Crippen MR) is 81.3 cm³/mol. The van der Waals surface area contributed by atoms with Gasteiger partial charge in [-0.1, -0.05) is 35.0 Å². The van der Waals surface area contributed by atoms with E-state index in [1.807, 2.05) is 6.07 Å². The molecule has 3 rings (SSSR count). The van der Waals surface area contributed by atoms with Crippen LogP contribution in [-0.2, 0) is 5.75 Å². The second-order valence-corrected chi connectivity index (χ2v) is 5.76. The van der Waals surface area contributed by atoms with Crippen molar-refractivity contribution >= 4 is 35.0 Å². The van der Waals surface area contributed by atoms with E-state index >= 15 is 0 Å². The van der Waals surface area contributed by atoms with Gasteiger partial charge in [-0.2, -0.15) is 0 Å². The monoisotopic (exact) mass is 338 g/mol. The van der Waals surface area contributed by atoms with Gasteiger partial charge in [-0.05, 0) is 23.8 Å². The number of nitrogens with zero attached hydrogens (tertiary/aromatic N) is 4. The van der Waals surface area contributed by atoms with Gasteiger partial charge in [0.25, 0.3) is 11.1 Å². The van der Waals surface area contributed by atoms with E-state index in [1.165, 1.54) is 11.8 Å². The summed E-state index contributed by atoms with van der Waals surface area (Å²) in [4.78, 5) is 8.06. The van der Waals surface area contributed by atoms with Crippen molar-refractivity contribution in [1.82, 2.24) is 20.2 Å². The van der Waals surface area contributed by atoms with Crippen LogP contribution in [0.2, 0.25) is 10.0 Å². The van der Waals surface area contributed by atoms with Crippen LogP contribution in [0.5, 0.6) is 0 Å². The van der Waals surface area contributed by atoms with E-state index < -0.39 is 0 Å². The van der Waals surface area contributed by atoms with E-state index in [1.54, 1.807) is 30.7 Å². The highest BCUT2D eigenvalue weighted by Gasteiger charge is 2.11. The summed E-state index contributed by atoms with van der Waals surface area (Å²) < 4.78 is 5.52. The Morgan fingerprint density at radius 3 is 2.86 bits per heavy atom. The summed E-state index contributed by atoms with van der Waals surface area (Å²) >= 11 is 13.4. The highest BCUT2D eigenvalue weighted by Crippen LogP contribution is 2.29. The molecule has 106 valence electrons. The normalized spacial score (nSPS) is 10.8. The van der Waals surface area contributed by atoms with Gasteiger partial charge in [-0.3, -0.25) is 4.98 Å². The van der Waals surface area contributed by atoms with Gasteiger partial charge in [-0.25, -0.2) is 4.98 Å². The highest BCUT2D eigenvalue weighted by molar-refractivity contribution is 7.98. The first-order valence-corrected chi connectivity index (χ1v) is 7.63. The van der Waals surface area contributed by atoms with Gasteiger partial charge in [0.2, 0.25) is 0 Å². The molecule has 0 aliphatic rings. The molecule has 0 aliphatic heterocycles. The van der Waals surface area contributed by atoms with Crippen LogP contribution in [0, 0.1) is 0 Å². The molecule has 0 unspecified atom stereocenters. The van der Waals surface area contributed by atoms with Crippen molar-refractivity contribution in [3.05, 3.63) is 52.4 Å². The van der Waals surface area contributed by atoms with Crippen molar-refractivity contribution in [2.24, 2.45) is 0 Å². The molecule has 2 aromatic heterocycles. The van der Waals surface area contributed by atoms with E-state index in [9.17, 15) is 0 Å². The Kier molecular flexibility index (Phi) is 4.38. The SMILES string of the molecule is Clc1ccc(Cl)c(CSc2nnc(-c3cnccn3)o2)c1. The largest absolute Gasteiger partial charge is 0.410 e. The lowest BCUT2D eigenvalue weighted by molar-refractivity contribution is 0.464. The summed E-state index contributed by atoms with van der Waals surface area (Å²) in [5, 5.41) is 9.63. The minimum atomic E-state index is 0.336. The second-order valence-electron chi connectivity index (χ2n) is 3.99. The third-order valence-electron chi connectivity index (χ3n) is 2.55. The molecule has 0 fully saturated rings. The number of rotatable bonds is 4. The third-order valence-corrected chi connectivity index (χ3v) is 4.02. The molecule has 3 aromatic rings. The molecule has 2 heterocycles. The van der Waals surface area contributed by atoms with Gasteiger partial charge in [0.15, 0.2) is 0 Å². The molecule has 5 nitrogen and oxygen atoms in total. The van der Waals surface area contributed by atoms with E-state index in [2.05, 4.69) is 20.2 Å². The smallest absolute Gasteiger partial charge is 0.277 e. The van der Waals surface area contributed by atoms with Crippen LogP contribution in [0.3, 0.4) is 0 Å². The third kappa shape index (κ3) is 3.53. The molecule has 0 saturated carbocycles. The van der Waals surface area contributed by atoms with Crippen molar-refractivity contribution in [2.45, 2.75) is 11.0 Å². The van der Waals surface area contributed by atoms with Crippen molar-refractivity contribution in [3.63, 3.8) is 0 Å². The van der Waals surface area contributed by atoms with Crippen LogP contribution in [0.15, 0.2) is 46.4 Å². The topological polar surface area (TPSA) is 64.7 Å². The Bertz CT molecular complexity index is 751. The van der Waals surface area contributed by atoms with E-state index in [0.29, 0.717) is 32.6 Å². The van der Waals surface area contributed by atoms with Crippen LogP contribution < -0.4 is 0 Å². The highest BCUT2D eigenvalue weighted by atomic mass is 35.5. The lowest BCUT2D eigenvalue weighted by Crippen LogP contribution is -1.83. The fraction of sp³-hybridized carbons (Fsp3) is 0.0769. The van der Waals surface area contributed by atoms with Crippen LogP contribution in [0.4, 0.5) is 0 Å². The molecule has 0 aliphatic carbocycles. The van der Waals surface area contributed by atoms with Gasteiger partial charge in [0.05, 0.1) is 6.20 Å². The van der Waals surface area contributed by atoms with Gasteiger partial charge in [-0.15, -0.1) is 10.2 Å². The van der Waals surface area contributed by atoms with E-state index in [-0.39, 0.29) is 0 Å². The number of hydrogen-bond acceptors (Lipinski definition) is 6. The minimum absolute atomic E-state index is 0.336. The Morgan fingerprint density at radius 1 is 1.14 bits per heavy atom. The Hall–Kier alpha value is -1.63. The number of hydrogen-bond donors (Lipinski definition) is 0. The zero-order valence-electron chi connectivity index (χ0n) is 10.5. The average Bonchev–Trinajstić information content (AvgIpc) is 2.98. The van der Waals surface area contributed by atoms with Gasteiger partial charge in [0.1, 0.15) is 5.69 Å². The Morgan fingerprint density at radius 2 is 2.05 bits per heavy atom. The first kappa shape index (κ1) is 14.3. The molecule has 0 amide bonds. The second kappa shape index (κ2) is 6.43. The van der Waals surface area contributed by atoms with Crippen LogP contribution in [0.25, 0.3) is 11.6 Å². The molecule has 0 saturated heterocycles. The van der Waals surface area contributed by atoms with Gasteiger partial charge >= 0.3 is 0 Å². The fourth-order valence-corrected chi connectivity index (χ4v) is 2.79. The zero-order chi connectivity index (χ0) is 14.7. The van der Waals surface area contributed by atoms with Crippen molar-refractivity contribution in [3.8, 4) is 11.6 Å². The van der Waals surface area contributed by atoms with Crippen molar-refractivity contribution in [1.29, 1.82) is 0 Å². The lowest BCUT2D eigenvalue weighted by Gasteiger charge is -2.02. The summed E-state index contributed by atoms with van der Waals surface area (Å²) in [6.07, 6.45) is 4.71. The van der Waals surface area contributed by atoms with E-state index in [0.717, 1.165) is 5.56 Å². The maximum Gasteiger partial charge on any atom is 0.277 e. The van der Waals surface area contributed by atoms with Crippen LogP contribution in [-0.4, -0.2) is 20.2 Å². The summed E-state index contributed by atoms with van der Waals surface area (Å²) in [6, 6.07) is 5.33. The van der Waals surface area contributed by atoms with E-state index in [4.69, 9.17) is 27.6 Å². The van der Waals surface area contributed by atoms with Crippen LogP contribution in [0.1, 0.15) is 5.56 Å². The molecule has 0 spiro atoms. The molecule has 0 bridgehead atoms. The molecular weight excluding hydrogens is 331 g/mol. The summed E-state index contributed by atoms with van der Waals surface area (Å²) in [5.41, 5.74) is 1.45. The number of halogens is 2. The first-order chi connectivity index (χ1) is 10.2. The fourth-order valence-electron chi connectivity index (χ4n) is 1.57. The zero-order valence-corrected chi connectivity index (χ0v) is 12.9. The molecule has 21 heavy (non-hydrogen) atoms. The molecule has 0 atom stereocenters. The predicted octanol–water partition coefficient (Wildman–Crippen LogP) is 4.13. The van der Waals surface area contributed by atoms with Crippen molar-refractivity contribution in [2.75, 3.05) is 0 Å². The molecule has 0 radical (unpaired) electrons. The summed E-state index contributed by atoms with van der Waals surface area (Å²) in [7, 11) is 0. The molecular formula is C13H8Cl2N4OS. The number of aromatic nitrogens is 4. The van der Waals surface area contributed by atoms with Gasteiger partial charge in [0, 0.05) is 28.2 Å². The minimum Gasteiger partial charge on any atom is -0.410 e. The Balaban J connectivity index is 1.72. The summed E-state index contributed by atoms with van der Waals surface area (Å²) in [5.74, 6) is 0.921. The maximum atomic E-state index is 6.11. The maximum absolute atomic E-state index is 6.11. The molecule has 1 aromatic carbocycles. The van der Waals surface area contributed by atoms with Crippen LogP contribution >= 0.6 is 35.0 Å². The Labute approximate surface area is 134 Å². The molecule has 8 heteroatoms. The lowest BCUT2D eigenvalue weighted by atomic mass is 10.2. The first-order valence-electron chi connectivity index (χ1n) is 5.89. The molecule has 0 N–H and O–H groups in total. The standard InChI is InChI=1S/C13H8Cl2N4OS/c14-9-1-2-10(15)8(5-9)7-21-13-19-18-12(20-13)11-6-16-3-4-17-11/h1-6H,7H2. The summed E-state index contributed by atoms with van der Waals surface area (Å²) in [6.45, 7) is 0. The number of benzene rings is 1. The van der Waals surface area contributed by atoms with Gasteiger partial charge < -0.3 is 4.42 Å².